The molecule has 1 heterocycles. The number of hydrogen-bond donors (Lipinski definition) is 1. The quantitative estimate of drug-likeness (QED) is 0.537. The minimum absolute atomic E-state index is 0.211. The first-order chi connectivity index (χ1) is 15.5. The summed E-state index contributed by atoms with van der Waals surface area (Å²) in [5.41, 5.74) is 2.74. The van der Waals surface area contributed by atoms with Crippen LogP contribution in [0.3, 0.4) is 0 Å². The minimum atomic E-state index is -0.459. The Balaban J connectivity index is 1.90. The van der Waals surface area contributed by atoms with Gasteiger partial charge in [0.2, 0.25) is 0 Å². The highest BCUT2D eigenvalue weighted by Crippen LogP contribution is 2.26. The van der Waals surface area contributed by atoms with E-state index in [-0.39, 0.29) is 18.2 Å². The van der Waals surface area contributed by atoms with Gasteiger partial charge in [0.1, 0.15) is 17.2 Å². The number of aryl methyl sites for hydroxylation is 1. The van der Waals surface area contributed by atoms with Gasteiger partial charge < -0.3 is 19.5 Å². The molecule has 0 atom stereocenters. The van der Waals surface area contributed by atoms with Gasteiger partial charge in [0, 0.05) is 0 Å². The number of carbonyl (C=O) groups excluding carboxylic acids is 2. The molecule has 0 unspecified atom stereocenters. The van der Waals surface area contributed by atoms with Crippen LogP contribution in [0.5, 0.6) is 11.5 Å². The van der Waals surface area contributed by atoms with Gasteiger partial charge in [-0.2, -0.15) is 0 Å². The number of pyridine rings is 1. The predicted molar refractivity (Wildman–Crippen MR) is 120 cm³/mol. The maximum absolute atomic E-state index is 13.1. The molecule has 0 bridgehead atoms. The fourth-order valence-corrected chi connectivity index (χ4v) is 3.27. The lowest BCUT2D eigenvalue weighted by atomic mass is 9.98. The standard InChI is InChI=1S/C25H26N2O5/c1-5-32-25(29)21-14-15-22(26-16(21)2)24(28)27-23(17-6-10-19(30-3)11-7-17)18-8-12-20(31-4)13-9-18/h6-15,23H,5H2,1-4H3,(H,27,28). The summed E-state index contributed by atoms with van der Waals surface area (Å²) in [5, 5.41) is 3.04. The number of aromatic nitrogens is 1. The van der Waals surface area contributed by atoms with E-state index < -0.39 is 12.0 Å². The molecule has 0 aliphatic carbocycles. The molecular weight excluding hydrogens is 408 g/mol. The first-order valence-electron chi connectivity index (χ1n) is 10.2. The van der Waals surface area contributed by atoms with Crippen LogP contribution in [0.15, 0.2) is 60.7 Å². The van der Waals surface area contributed by atoms with Crippen LogP contribution in [0.1, 0.15) is 50.6 Å². The average molecular weight is 434 g/mol. The number of rotatable bonds is 8. The summed E-state index contributed by atoms with van der Waals surface area (Å²) in [7, 11) is 3.21. The molecule has 0 aliphatic heterocycles. The lowest BCUT2D eigenvalue weighted by Crippen LogP contribution is -2.30. The minimum Gasteiger partial charge on any atom is -0.497 e. The molecule has 0 aliphatic rings. The first-order valence-corrected chi connectivity index (χ1v) is 10.2. The summed E-state index contributed by atoms with van der Waals surface area (Å²) < 4.78 is 15.5. The van der Waals surface area contributed by atoms with Crippen molar-refractivity contribution in [3.8, 4) is 11.5 Å². The number of carbonyl (C=O) groups is 2. The monoisotopic (exact) mass is 434 g/mol. The third-order valence-corrected chi connectivity index (χ3v) is 4.99. The lowest BCUT2D eigenvalue weighted by molar-refractivity contribution is 0.0524. The van der Waals surface area contributed by atoms with E-state index in [0.29, 0.717) is 11.3 Å². The molecule has 1 aromatic heterocycles. The molecule has 0 fully saturated rings. The summed E-state index contributed by atoms with van der Waals surface area (Å²) in [4.78, 5) is 29.4. The van der Waals surface area contributed by atoms with Crippen molar-refractivity contribution in [3.05, 3.63) is 88.7 Å². The number of benzene rings is 2. The van der Waals surface area contributed by atoms with Crippen LogP contribution < -0.4 is 14.8 Å². The maximum Gasteiger partial charge on any atom is 0.339 e. The molecule has 166 valence electrons. The number of esters is 1. The van der Waals surface area contributed by atoms with Gasteiger partial charge in [-0.1, -0.05) is 24.3 Å². The molecule has 0 radical (unpaired) electrons. The van der Waals surface area contributed by atoms with Crippen LogP contribution in [0, 0.1) is 6.92 Å². The number of amides is 1. The van der Waals surface area contributed by atoms with Crippen molar-refractivity contribution in [2.75, 3.05) is 20.8 Å². The summed E-state index contributed by atoms with van der Waals surface area (Å²) in [6.07, 6.45) is 0. The molecule has 3 aromatic rings. The van der Waals surface area contributed by atoms with Gasteiger partial charge in [0.05, 0.1) is 38.1 Å². The number of hydrogen-bond acceptors (Lipinski definition) is 6. The van der Waals surface area contributed by atoms with Crippen LogP contribution in [-0.2, 0) is 4.74 Å². The predicted octanol–water partition coefficient (Wildman–Crippen LogP) is 4.10. The van der Waals surface area contributed by atoms with Crippen molar-refractivity contribution in [2.24, 2.45) is 0 Å². The Morgan fingerprint density at radius 1 is 0.875 bits per heavy atom. The van der Waals surface area contributed by atoms with Crippen molar-refractivity contribution < 1.29 is 23.8 Å². The molecule has 1 N–H and O–H groups in total. The van der Waals surface area contributed by atoms with E-state index in [9.17, 15) is 9.59 Å². The van der Waals surface area contributed by atoms with Crippen molar-refractivity contribution in [3.63, 3.8) is 0 Å². The largest absolute Gasteiger partial charge is 0.497 e. The maximum atomic E-state index is 13.1. The Morgan fingerprint density at radius 2 is 1.41 bits per heavy atom. The molecule has 2 aromatic carbocycles. The van der Waals surface area contributed by atoms with Gasteiger partial charge in [-0.05, 0) is 61.4 Å². The van der Waals surface area contributed by atoms with Crippen molar-refractivity contribution >= 4 is 11.9 Å². The Kier molecular flexibility index (Phi) is 7.44. The van der Waals surface area contributed by atoms with Crippen LogP contribution in [0.25, 0.3) is 0 Å². The topological polar surface area (TPSA) is 86.8 Å². The first kappa shape index (κ1) is 22.8. The van der Waals surface area contributed by atoms with Gasteiger partial charge in [0.25, 0.3) is 5.91 Å². The van der Waals surface area contributed by atoms with Crippen LogP contribution in [0.2, 0.25) is 0 Å². The lowest BCUT2D eigenvalue weighted by Gasteiger charge is -2.20. The van der Waals surface area contributed by atoms with Crippen LogP contribution >= 0.6 is 0 Å². The Morgan fingerprint density at radius 3 is 1.84 bits per heavy atom. The molecule has 0 saturated carbocycles. The van der Waals surface area contributed by atoms with Gasteiger partial charge in [-0.15, -0.1) is 0 Å². The zero-order chi connectivity index (χ0) is 23.1. The molecule has 32 heavy (non-hydrogen) atoms. The van der Waals surface area contributed by atoms with Crippen molar-refractivity contribution in [1.82, 2.24) is 10.3 Å². The fraction of sp³-hybridized carbons (Fsp3) is 0.240. The number of ether oxygens (including phenoxy) is 3. The molecular formula is C25H26N2O5. The summed E-state index contributed by atoms with van der Waals surface area (Å²) in [5.74, 6) is 0.625. The fourth-order valence-electron chi connectivity index (χ4n) is 3.27. The molecule has 0 saturated heterocycles. The molecule has 0 spiro atoms. The van der Waals surface area contributed by atoms with Gasteiger partial charge in [0.15, 0.2) is 0 Å². The second kappa shape index (κ2) is 10.4. The zero-order valence-electron chi connectivity index (χ0n) is 18.5. The van der Waals surface area contributed by atoms with Crippen molar-refractivity contribution in [1.29, 1.82) is 0 Å². The number of methoxy groups -OCH3 is 2. The summed E-state index contributed by atoms with van der Waals surface area (Å²) in [6, 6.07) is 17.6. The normalized spacial score (nSPS) is 10.5. The van der Waals surface area contributed by atoms with E-state index in [1.54, 1.807) is 34.1 Å². The molecule has 3 rings (SSSR count). The number of nitrogens with one attached hydrogen (secondary N) is 1. The Labute approximate surface area is 187 Å². The Hall–Kier alpha value is -3.87. The SMILES string of the molecule is CCOC(=O)c1ccc(C(=O)NC(c2ccc(OC)cc2)c2ccc(OC)cc2)nc1C. The molecule has 7 heteroatoms. The van der Waals surface area contributed by atoms with E-state index in [0.717, 1.165) is 22.6 Å². The number of nitrogens with zero attached hydrogens (tertiary/aromatic N) is 1. The summed E-state index contributed by atoms with van der Waals surface area (Å²) >= 11 is 0. The van der Waals surface area contributed by atoms with Crippen LogP contribution in [0.4, 0.5) is 0 Å². The highest BCUT2D eigenvalue weighted by molar-refractivity contribution is 5.95. The molecule has 7 nitrogen and oxygen atoms in total. The van der Waals surface area contributed by atoms with E-state index in [4.69, 9.17) is 14.2 Å². The third kappa shape index (κ3) is 5.24. The Bertz CT molecular complexity index is 1030. The van der Waals surface area contributed by atoms with Gasteiger partial charge in [-0.25, -0.2) is 9.78 Å². The van der Waals surface area contributed by atoms with Crippen molar-refractivity contribution in [2.45, 2.75) is 19.9 Å². The van der Waals surface area contributed by atoms with E-state index >= 15 is 0 Å². The highest BCUT2D eigenvalue weighted by Gasteiger charge is 2.20. The van der Waals surface area contributed by atoms with E-state index in [2.05, 4.69) is 10.3 Å². The third-order valence-electron chi connectivity index (χ3n) is 4.99. The van der Waals surface area contributed by atoms with E-state index in [1.165, 1.54) is 6.07 Å². The second-order valence-electron chi connectivity index (χ2n) is 7.00. The summed E-state index contributed by atoms with van der Waals surface area (Å²) in [6.45, 7) is 3.68. The second-order valence-corrected chi connectivity index (χ2v) is 7.00. The van der Waals surface area contributed by atoms with Gasteiger partial charge in [-0.3, -0.25) is 4.79 Å². The highest BCUT2D eigenvalue weighted by atomic mass is 16.5. The van der Waals surface area contributed by atoms with Crippen LogP contribution in [-0.4, -0.2) is 37.7 Å². The smallest absolute Gasteiger partial charge is 0.339 e. The molecule has 1 amide bonds. The van der Waals surface area contributed by atoms with Gasteiger partial charge >= 0.3 is 5.97 Å². The van der Waals surface area contributed by atoms with E-state index in [1.807, 2.05) is 48.5 Å². The zero-order valence-corrected chi connectivity index (χ0v) is 18.5. The average Bonchev–Trinajstić information content (AvgIpc) is 2.82.